The van der Waals surface area contributed by atoms with Gasteiger partial charge in [-0.25, -0.2) is 5.84 Å². The van der Waals surface area contributed by atoms with Crippen LogP contribution in [0.4, 0.5) is 0 Å². The van der Waals surface area contributed by atoms with Crippen molar-refractivity contribution in [1.29, 1.82) is 5.26 Å². The predicted octanol–water partition coefficient (Wildman–Crippen LogP) is -1.34. The van der Waals surface area contributed by atoms with E-state index in [0.29, 0.717) is 0 Å². The zero-order chi connectivity index (χ0) is 11.3. The molecule has 0 spiro atoms. The third kappa shape index (κ3) is 2.26. The van der Waals surface area contributed by atoms with Crippen LogP contribution in [0, 0.1) is 11.3 Å². The number of nitrogens with two attached hydrogens (primary N) is 2. The smallest absolute Gasteiger partial charge is 0.278 e. The van der Waals surface area contributed by atoms with E-state index in [1.165, 1.54) is 18.6 Å². The van der Waals surface area contributed by atoms with Gasteiger partial charge >= 0.3 is 0 Å². The number of aromatic nitrogens is 2. The summed E-state index contributed by atoms with van der Waals surface area (Å²) < 4.78 is 0. The minimum Gasteiger partial charge on any atom is -0.396 e. The van der Waals surface area contributed by atoms with Gasteiger partial charge in [0.1, 0.15) is 17.3 Å². The first kappa shape index (κ1) is 10.6. The number of amides is 1. The maximum atomic E-state index is 11.1. The molecule has 0 saturated carbocycles. The van der Waals surface area contributed by atoms with Crippen molar-refractivity contribution in [1.82, 2.24) is 15.4 Å². The van der Waals surface area contributed by atoms with Crippen LogP contribution >= 0.6 is 0 Å². The lowest BCUT2D eigenvalue weighted by atomic mass is 10.2. The molecule has 7 heteroatoms. The summed E-state index contributed by atoms with van der Waals surface area (Å²) in [5.41, 5.74) is 7.28. The van der Waals surface area contributed by atoms with Crippen LogP contribution in [-0.4, -0.2) is 15.9 Å². The molecular formula is C8H8N6O. The highest BCUT2D eigenvalue weighted by Gasteiger charge is 2.14. The molecule has 0 aliphatic heterocycles. The van der Waals surface area contributed by atoms with Crippen LogP contribution in [0.5, 0.6) is 0 Å². The molecule has 0 bridgehead atoms. The van der Waals surface area contributed by atoms with Crippen molar-refractivity contribution in [2.24, 2.45) is 11.6 Å². The maximum absolute atomic E-state index is 11.1. The zero-order valence-corrected chi connectivity index (χ0v) is 7.64. The van der Waals surface area contributed by atoms with Crippen LogP contribution in [0.25, 0.3) is 5.70 Å². The van der Waals surface area contributed by atoms with Crippen molar-refractivity contribution in [3.63, 3.8) is 0 Å². The Bertz CT molecular complexity index is 432. The molecule has 0 aliphatic rings. The lowest BCUT2D eigenvalue weighted by Crippen LogP contribution is -2.32. The van der Waals surface area contributed by atoms with Crippen molar-refractivity contribution in [3.8, 4) is 6.07 Å². The third-order valence-corrected chi connectivity index (χ3v) is 1.58. The number of carbonyl (C=O) groups excluding carboxylic acids is 1. The van der Waals surface area contributed by atoms with Gasteiger partial charge in [0, 0.05) is 12.4 Å². The average Bonchev–Trinajstić information content (AvgIpc) is 2.30. The third-order valence-electron chi connectivity index (χ3n) is 1.58. The largest absolute Gasteiger partial charge is 0.396 e. The number of hydrazine groups is 1. The molecule has 0 unspecified atom stereocenters. The molecule has 7 nitrogen and oxygen atoms in total. The summed E-state index contributed by atoms with van der Waals surface area (Å²) in [5, 5.41) is 8.71. The number of hydrogen-bond donors (Lipinski definition) is 3. The molecule has 5 N–H and O–H groups in total. The van der Waals surface area contributed by atoms with Gasteiger partial charge in [0.25, 0.3) is 5.91 Å². The highest BCUT2D eigenvalue weighted by Crippen LogP contribution is 2.08. The SMILES string of the molecule is N#C/C(C(=O)NN)=C(/N)c1cnccn1. The van der Waals surface area contributed by atoms with Gasteiger partial charge in [-0.1, -0.05) is 0 Å². The van der Waals surface area contributed by atoms with E-state index < -0.39 is 5.91 Å². The monoisotopic (exact) mass is 204 g/mol. The van der Waals surface area contributed by atoms with Gasteiger partial charge in [0.05, 0.1) is 11.9 Å². The van der Waals surface area contributed by atoms with E-state index in [4.69, 9.17) is 16.8 Å². The molecule has 1 rings (SSSR count). The second-order valence-corrected chi connectivity index (χ2v) is 2.46. The quantitative estimate of drug-likeness (QED) is 0.180. The highest BCUT2D eigenvalue weighted by molar-refractivity contribution is 6.03. The van der Waals surface area contributed by atoms with Gasteiger partial charge in [-0.3, -0.25) is 20.2 Å². The van der Waals surface area contributed by atoms with Crippen LogP contribution in [0.2, 0.25) is 0 Å². The maximum Gasteiger partial charge on any atom is 0.278 e. The van der Waals surface area contributed by atoms with Crippen LogP contribution < -0.4 is 17.0 Å². The highest BCUT2D eigenvalue weighted by atomic mass is 16.2. The van der Waals surface area contributed by atoms with E-state index in [1.807, 2.05) is 5.43 Å². The van der Waals surface area contributed by atoms with Crippen LogP contribution in [0.1, 0.15) is 5.69 Å². The van der Waals surface area contributed by atoms with E-state index in [0.717, 1.165) is 0 Å². The minimum atomic E-state index is -0.763. The lowest BCUT2D eigenvalue weighted by molar-refractivity contribution is -0.117. The summed E-state index contributed by atoms with van der Waals surface area (Å²) in [5.74, 6) is 4.12. The molecule has 0 radical (unpaired) electrons. The van der Waals surface area contributed by atoms with Crippen LogP contribution in [0.3, 0.4) is 0 Å². The van der Waals surface area contributed by atoms with Gasteiger partial charge in [-0.2, -0.15) is 5.26 Å². The summed E-state index contributed by atoms with van der Waals surface area (Å²) in [6, 6.07) is 1.65. The van der Waals surface area contributed by atoms with Gasteiger partial charge in [0.2, 0.25) is 0 Å². The van der Waals surface area contributed by atoms with Crippen LogP contribution in [0.15, 0.2) is 24.2 Å². The number of carbonyl (C=O) groups is 1. The Hall–Kier alpha value is -2.46. The molecule has 1 aromatic heterocycles. The molecule has 76 valence electrons. The normalized spacial score (nSPS) is 11.2. The first-order valence-corrected chi connectivity index (χ1v) is 3.88. The van der Waals surface area contributed by atoms with Crippen molar-refractivity contribution in [2.45, 2.75) is 0 Å². The fraction of sp³-hybridized carbons (Fsp3) is 0. The second kappa shape index (κ2) is 4.69. The minimum absolute atomic E-state index is 0.0615. The molecule has 0 saturated heterocycles. The summed E-state index contributed by atoms with van der Waals surface area (Å²) in [7, 11) is 0. The molecule has 0 fully saturated rings. The van der Waals surface area contributed by atoms with Gasteiger partial charge in [0.15, 0.2) is 0 Å². The molecule has 0 aromatic carbocycles. The van der Waals surface area contributed by atoms with E-state index in [9.17, 15) is 4.79 Å². The van der Waals surface area contributed by atoms with E-state index >= 15 is 0 Å². The Kier molecular flexibility index (Phi) is 3.32. The van der Waals surface area contributed by atoms with Crippen molar-refractivity contribution < 1.29 is 4.79 Å². The Balaban J connectivity index is 3.20. The van der Waals surface area contributed by atoms with Gasteiger partial charge in [-0.15, -0.1) is 0 Å². The summed E-state index contributed by atoms with van der Waals surface area (Å²) in [6.07, 6.45) is 4.19. The Labute approximate surface area is 85.4 Å². The van der Waals surface area contributed by atoms with Crippen molar-refractivity contribution in [2.75, 3.05) is 0 Å². The molecule has 0 aliphatic carbocycles. The molecular weight excluding hydrogens is 196 g/mol. The van der Waals surface area contributed by atoms with Crippen molar-refractivity contribution >= 4 is 11.6 Å². The van der Waals surface area contributed by atoms with E-state index in [2.05, 4.69) is 9.97 Å². The number of nitrogens with one attached hydrogen (secondary N) is 1. The first-order valence-electron chi connectivity index (χ1n) is 3.88. The van der Waals surface area contributed by atoms with E-state index in [1.54, 1.807) is 6.07 Å². The Morgan fingerprint density at radius 1 is 1.53 bits per heavy atom. The number of nitriles is 1. The molecule has 0 atom stereocenters. The standard InChI is InChI=1S/C8H8N6O/c9-3-5(8(15)14-11)7(10)6-4-12-1-2-13-6/h1-2,4H,10-11H2,(H,14,15)/b7-5-. The molecule has 15 heavy (non-hydrogen) atoms. The molecule has 1 aromatic rings. The Morgan fingerprint density at radius 2 is 2.27 bits per heavy atom. The number of rotatable bonds is 2. The predicted molar refractivity (Wildman–Crippen MR) is 51.1 cm³/mol. The summed E-state index contributed by atoms with van der Waals surface area (Å²) in [4.78, 5) is 18.7. The first-order chi connectivity index (χ1) is 7.20. The molecule has 1 heterocycles. The number of hydrogen-bond acceptors (Lipinski definition) is 6. The summed E-state index contributed by atoms with van der Waals surface area (Å²) in [6.45, 7) is 0. The Morgan fingerprint density at radius 3 is 2.73 bits per heavy atom. The average molecular weight is 204 g/mol. The fourth-order valence-corrected chi connectivity index (χ4v) is 0.872. The topological polar surface area (TPSA) is 131 Å². The van der Waals surface area contributed by atoms with Crippen LogP contribution in [-0.2, 0) is 4.79 Å². The number of nitrogens with zero attached hydrogens (tertiary/aromatic N) is 3. The zero-order valence-electron chi connectivity index (χ0n) is 7.64. The van der Waals surface area contributed by atoms with Gasteiger partial charge in [-0.05, 0) is 0 Å². The summed E-state index contributed by atoms with van der Waals surface area (Å²) >= 11 is 0. The van der Waals surface area contributed by atoms with Gasteiger partial charge < -0.3 is 5.73 Å². The second-order valence-electron chi connectivity index (χ2n) is 2.46. The van der Waals surface area contributed by atoms with Crippen molar-refractivity contribution in [3.05, 3.63) is 29.9 Å². The van der Waals surface area contributed by atoms with E-state index in [-0.39, 0.29) is 17.0 Å². The molecule has 1 amide bonds. The fourth-order valence-electron chi connectivity index (χ4n) is 0.872. The lowest BCUT2D eigenvalue weighted by Gasteiger charge is -2.02.